The number of hydrogen-bond acceptors (Lipinski definition) is 2. The van der Waals surface area contributed by atoms with Crippen molar-refractivity contribution in [3.63, 3.8) is 0 Å². The Morgan fingerprint density at radius 1 is 1.21 bits per heavy atom. The van der Waals surface area contributed by atoms with E-state index >= 15 is 0 Å². The zero-order chi connectivity index (χ0) is 13.4. The van der Waals surface area contributed by atoms with E-state index in [9.17, 15) is 4.39 Å². The molecule has 2 saturated heterocycles. The lowest BCUT2D eigenvalue weighted by atomic mass is 9.81. The molecule has 1 aromatic carbocycles. The summed E-state index contributed by atoms with van der Waals surface area (Å²) in [5.74, 6) is -0.0775. The summed E-state index contributed by atoms with van der Waals surface area (Å²) >= 11 is 0. The lowest BCUT2D eigenvalue weighted by Crippen LogP contribution is -2.56. The van der Waals surface area contributed by atoms with E-state index in [4.69, 9.17) is 0 Å². The van der Waals surface area contributed by atoms with Crippen molar-refractivity contribution in [2.45, 2.75) is 57.2 Å². The summed E-state index contributed by atoms with van der Waals surface area (Å²) in [5.41, 5.74) is 1.92. The zero-order valence-corrected chi connectivity index (χ0v) is 11.8. The number of rotatable bonds is 2. The summed E-state index contributed by atoms with van der Waals surface area (Å²) < 4.78 is 13.8. The first-order chi connectivity index (χ1) is 9.20. The van der Waals surface area contributed by atoms with E-state index in [-0.39, 0.29) is 5.82 Å². The Kier molecular flexibility index (Phi) is 3.48. The number of nitrogens with one attached hydrogen (secondary N) is 1. The van der Waals surface area contributed by atoms with Crippen LogP contribution < -0.4 is 10.2 Å². The molecule has 2 atom stereocenters. The Labute approximate surface area is 115 Å². The van der Waals surface area contributed by atoms with E-state index in [1.807, 2.05) is 13.0 Å². The molecule has 2 aliphatic heterocycles. The first-order valence-electron chi connectivity index (χ1n) is 7.41. The lowest BCUT2D eigenvalue weighted by molar-refractivity contribution is 0.252. The van der Waals surface area contributed by atoms with Gasteiger partial charge in [-0.2, -0.15) is 0 Å². The first kappa shape index (κ1) is 12.9. The van der Waals surface area contributed by atoms with Gasteiger partial charge in [-0.25, -0.2) is 4.39 Å². The normalized spacial score (nSPS) is 30.5. The Morgan fingerprint density at radius 3 is 2.53 bits per heavy atom. The molecule has 2 bridgehead atoms. The zero-order valence-electron chi connectivity index (χ0n) is 11.8. The van der Waals surface area contributed by atoms with Crippen molar-refractivity contribution in [3.8, 4) is 0 Å². The number of fused-ring (bicyclic) bond motifs is 2. The summed E-state index contributed by atoms with van der Waals surface area (Å²) in [6.45, 7) is 1.91. The maximum atomic E-state index is 13.8. The lowest BCUT2D eigenvalue weighted by Gasteiger charge is -2.50. The van der Waals surface area contributed by atoms with Crippen molar-refractivity contribution in [2.24, 2.45) is 0 Å². The largest absolute Gasteiger partial charge is 0.365 e. The van der Waals surface area contributed by atoms with Crippen molar-refractivity contribution in [1.29, 1.82) is 0 Å². The second kappa shape index (κ2) is 5.12. The third-order valence-electron chi connectivity index (χ3n) is 4.90. The molecule has 0 saturated carbocycles. The third-order valence-corrected chi connectivity index (χ3v) is 4.90. The van der Waals surface area contributed by atoms with Gasteiger partial charge < -0.3 is 10.2 Å². The Morgan fingerprint density at radius 2 is 1.89 bits per heavy atom. The Balaban J connectivity index is 1.94. The van der Waals surface area contributed by atoms with Gasteiger partial charge >= 0.3 is 0 Å². The maximum absolute atomic E-state index is 13.8. The number of halogens is 1. The molecule has 0 amide bonds. The topological polar surface area (TPSA) is 15.3 Å². The summed E-state index contributed by atoms with van der Waals surface area (Å²) in [6, 6.07) is 7.27. The molecular weight excluding hydrogens is 239 g/mol. The van der Waals surface area contributed by atoms with Crippen molar-refractivity contribution in [3.05, 3.63) is 29.6 Å². The number of benzene rings is 1. The van der Waals surface area contributed by atoms with Gasteiger partial charge in [-0.15, -0.1) is 0 Å². The van der Waals surface area contributed by atoms with Crippen molar-refractivity contribution >= 4 is 5.69 Å². The minimum Gasteiger partial charge on any atom is -0.365 e. The highest BCUT2D eigenvalue weighted by molar-refractivity contribution is 5.56. The van der Waals surface area contributed by atoms with Gasteiger partial charge in [-0.05, 0) is 58.2 Å². The van der Waals surface area contributed by atoms with E-state index in [2.05, 4.69) is 23.3 Å². The van der Waals surface area contributed by atoms with Crippen molar-refractivity contribution in [2.75, 3.05) is 11.9 Å². The SMILES string of the molecule is CNC1CC2CCCC(C1)N2c1cccc(F)c1C. The number of hydrogen-bond donors (Lipinski definition) is 1. The highest BCUT2D eigenvalue weighted by Crippen LogP contribution is 2.39. The van der Waals surface area contributed by atoms with Crippen LogP contribution in [-0.2, 0) is 0 Å². The highest BCUT2D eigenvalue weighted by Gasteiger charge is 2.38. The van der Waals surface area contributed by atoms with Crippen LogP contribution in [-0.4, -0.2) is 25.2 Å². The van der Waals surface area contributed by atoms with Crippen LogP contribution in [0.4, 0.5) is 10.1 Å². The molecule has 2 heterocycles. The van der Waals surface area contributed by atoms with E-state index in [0.29, 0.717) is 18.1 Å². The average molecular weight is 262 g/mol. The van der Waals surface area contributed by atoms with E-state index in [1.54, 1.807) is 6.07 Å². The fourth-order valence-corrected chi connectivity index (χ4v) is 3.89. The van der Waals surface area contributed by atoms with Crippen LogP contribution in [0.3, 0.4) is 0 Å². The second-order valence-corrected chi connectivity index (χ2v) is 5.99. The smallest absolute Gasteiger partial charge is 0.128 e. The van der Waals surface area contributed by atoms with Crippen molar-refractivity contribution in [1.82, 2.24) is 5.32 Å². The molecule has 2 aliphatic rings. The Bertz CT molecular complexity index is 446. The fraction of sp³-hybridized carbons (Fsp3) is 0.625. The van der Waals surface area contributed by atoms with Crippen LogP contribution in [0.15, 0.2) is 18.2 Å². The standard InChI is InChI=1S/C16H23FN2/c1-11-15(17)7-4-8-16(11)19-13-5-3-6-14(19)10-12(9-13)18-2/h4,7-8,12-14,18H,3,5-6,9-10H2,1-2H3. The third kappa shape index (κ3) is 2.25. The molecule has 0 radical (unpaired) electrons. The first-order valence-corrected chi connectivity index (χ1v) is 7.41. The maximum Gasteiger partial charge on any atom is 0.128 e. The van der Waals surface area contributed by atoms with Gasteiger partial charge in [-0.1, -0.05) is 6.07 Å². The highest BCUT2D eigenvalue weighted by atomic mass is 19.1. The summed E-state index contributed by atoms with van der Waals surface area (Å²) in [6.07, 6.45) is 6.16. The van der Waals surface area contributed by atoms with Crippen LogP contribution in [0.25, 0.3) is 0 Å². The molecule has 3 heteroatoms. The monoisotopic (exact) mass is 262 g/mol. The van der Waals surface area contributed by atoms with Crippen LogP contribution in [0.5, 0.6) is 0 Å². The predicted octanol–water partition coefficient (Wildman–Crippen LogP) is 3.24. The molecule has 3 rings (SSSR count). The molecule has 0 aromatic heterocycles. The van der Waals surface area contributed by atoms with E-state index < -0.39 is 0 Å². The molecule has 0 spiro atoms. The molecule has 104 valence electrons. The minimum absolute atomic E-state index is 0.0775. The molecule has 1 aromatic rings. The molecule has 2 unspecified atom stereocenters. The van der Waals surface area contributed by atoms with Gasteiger partial charge in [0.25, 0.3) is 0 Å². The molecule has 19 heavy (non-hydrogen) atoms. The van der Waals surface area contributed by atoms with Gasteiger partial charge in [-0.3, -0.25) is 0 Å². The van der Waals surface area contributed by atoms with E-state index in [0.717, 1.165) is 11.3 Å². The van der Waals surface area contributed by atoms with Gasteiger partial charge in [0.2, 0.25) is 0 Å². The second-order valence-electron chi connectivity index (χ2n) is 5.99. The van der Waals surface area contributed by atoms with Gasteiger partial charge in [0.15, 0.2) is 0 Å². The predicted molar refractivity (Wildman–Crippen MR) is 77.1 cm³/mol. The molecule has 2 nitrogen and oxygen atoms in total. The van der Waals surface area contributed by atoms with Crippen molar-refractivity contribution < 1.29 is 4.39 Å². The molecule has 0 aliphatic carbocycles. The van der Waals surface area contributed by atoms with Crippen LogP contribution >= 0.6 is 0 Å². The summed E-state index contributed by atoms with van der Waals surface area (Å²) in [4.78, 5) is 2.51. The fourth-order valence-electron chi connectivity index (χ4n) is 3.89. The van der Waals surface area contributed by atoms with Gasteiger partial charge in [0, 0.05) is 29.4 Å². The number of anilines is 1. The van der Waals surface area contributed by atoms with Gasteiger partial charge in [0.1, 0.15) is 5.82 Å². The average Bonchev–Trinajstić information content (AvgIpc) is 2.40. The molecular formula is C16H23FN2. The van der Waals surface area contributed by atoms with Crippen LogP contribution in [0, 0.1) is 12.7 Å². The summed E-state index contributed by atoms with van der Waals surface area (Å²) in [5, 5.41) is 3.43. The molecule has 1 N–H and O–H groups in total. The van der Waals surface area contributed by atoms with Crippen LogP contribution in [0.1, 0.15) is 37.7 Å². The minimum atomic E-state index is -0.0775. The number of piperidine rings is 2. The molecule has 2 fully saturated rings. The van der Waals surface area contributed by atoms with E-state index in [1.165, 1.54) is 32.1 Å². The van der Waals surface area contributed by atoms with Gasteiger partial charge in [0.05, 0.1) is 0 Å². The Hall–Kier alpha value is -1.09. The summed E-state index contributed by atoms with van der Waals surface area (Å²) in [7, 11) is 2.06. The van der Waals surface area contributed by atoms with Crippen LogP contribution in [0.2, 0.25) is 0 Å². The number of nitrogens with zero attached hydrogens (tertiary/aromatic N) is 1. The quantitative estimate of drug-likeness (QED) is 0.880.